The number of halogens is 1. The first-order chi connectivity index (χ1) is 10.2. The zero-order valence-electron chi connectivity index (χ0n) is 14.5. The number of phenolic OH excluding ortho intramolecular Hbond substituents is 1. The lowest BCUT2D eigenvalue weighted by Crippen LogP contribution is -2.31. The van der Waals surface area contributed by atoms with Crippen LogP contribution >= 0.6 is 15.9 Å². The van der Waals surface area contributed by atoms with Crippen molar-refractivity contribution in [2.24, 2.45) is 16.7 Å². The maximum atomic E-state index is 10.7. The molecule has 0 heterocycles. The first-order valence-corrected chi connectivity index (χ1v) is 9.61. The molecule has 4 unspecified atom stereocenters. The monoisotopic (exact) mass is 364 g/mol. The molecule has 2 aliphatic carbocycles. The third kappa shape index (κ3) is 2.09. The lowest BCUT2D eigenvalue weighted by molar-refractivity contribution is 0.133. The van der Waals surface area contributed by atoms with E-state index in [1.54, 1.807) is 0 Å². The van der Waals surface area contributed by atoms with Gasteiger partial charge in [0.05, 0.1) is 0 Å². The predicted molar refractivity (Wildman–Crippen MR) is 96.8 cm³/mol. The maximum absolute atomic E-state index is 10.7. The summed E-state index contributed by atoms with van der Waals surface area (Å²) in [5.41, 5.74) is 4.23. The summed E-state index contributed by atoms with van der Waals surface area (Å²) >= 11 is 3.78. The second kappa shape index (κ2) is 5.26. The van der Waals surface area contributed by atoms with Crippen LogP contribution in [0.4, 0.5) is 0 Å². The molecule has 0 radical (unpaired) electrons. The van der Waals surface area contributed by atoms with Crippen LogP contribution < -0.4 is 0 Å². The molecule has 1 aromatic rings. The Bertz CT molecular complexity index is 592. The smallest absolute Gasteiger partial charge is 0.121 e. The van der Waals surface area contributed by atoms with E-state index in [1.807, 2.05) is 6.92 Å². The summed E-state index contributed by atoms with van der Waals surface area (Å²) in [5, 5.41) is 10.7. The Morgan fingerprint density at radius 3 is 2.50 bits per heavy atom. The van der Waals surface area contributed by atoms with E-state index in [0.29, 0.717) is 27.3 Å². The number of phenols is 1. The quantitative estimate of drug-likeness (QED) is 0.608. The Morgan fingerprint density at radius 2 is 2.00 bits per heavy atom. The van der Waals surface area contributed by atoms with Gasteiger partial charge in [-0.25, -0.2) is 0 Å². The van der Waals surface area contributed by atoms with Crippen molar-refractivity contribution in [2.45, 2.75) is 71.0 Å². The molecule has 0 aromatic heterocycles. The van der Waals surface area contributed by atoms with Gasteiger partial charge in [-0.1, -0.05) is 55.8 Å². The fourth-order valence-electron chi connectivity index (χ4n) is 5.19. The number of aromatic hydroxyl groups is 1. The molecule has 1 N–H and O–H groups in total. The molecule has 1 nitrogen and oxygen atoms in total. The van der Waals surface area contributed by atoms with Gasteiger partial charge in [0, 0.05) is 4.83 Å². The molecule has 2 bridgehead atoms. The van der Waals surface area contributed by atoms with Crippen LogP contribution in [0.3, 0.4) is 0 Å². The second-order valence-electron chi connectivity index (χ2n) is 8.31. The molecule has 2 saturated carbocycles. The van der Waals surface area contributed by atoms with Gasteiger partial charge in [0.2, 0.25) is 0 Å². The minimum atomic E-state index is 0.314. The highest BCUT2D eigenvalue weighted by molar-refractivity contribution is 9.09. The molecule has 2 heteroatoms. The summed E-state index contributed by atoms with van der Waals surface area (Å²) in [6, 6.07) is 4.42. The molecule has 1 aromatic carbocycles. The van der Waals surface area contributed by atoms with Crippen molar-refractivity contribution in [2.75, 3.05) is 0 Å². The van der Waals surface area contributed by atoms with Crippen molar-refractivity contribution in [1.82, 2.24) is 0 Å². The van der Waals surface area contributed by atoms with Gasteiger partial charge in [-0.3, -0.25) is 0 Å². The summed E-state index contributed by atoms with van der Waals surface area (Å²) in [5.74, 6) is 1.84. The molecule has 4 atom stereocenters. The molecule has 2 aliphatic rings. The van der Waals surface area contributed by atoms with Crippen LogP contribution in [0.25, 0.3) is 0 Å². The fraction of sp³-hybridized carbons (Fsp3) is 0.700. The molecular weight excluding hydrogens is 336 g/mol. The number of hydrogen-bond acceptors (Lipinski definition) is 1. The van der Waals surface area contributed by atoms with E-state index in [2.05, 4.69) is 55.8 Å². The Kier molecular flexibility index (Phi) is 3.91. The van der Waals surface area contributed by atoms with Crippen LogP contribution in [0.15, 0.2) is 12.1 Å². The number of alkyl halides is 1. The number of aryl methyl sites for hydroxylation is 1. The van der Waals surface area contributed by atoms with Crippen molar-refractivity contribution in [1.29, 1.82) is 0 Å². The van der Waals surface area contributed by atoms with Crippen molar-refractivity contribution < 1.29 is 5.11 Å². The summed E-state index contributed by atoms with van der Waals surface area (Å²) in [6.07, 6.45) is 4.96. The average molecular weight is 365 g/mol. The van der Waals surface area contributed by atoms with Crippen molar-refractivity contribution in [3.05, 3.63) is 28.8 Å². The number of hydrogen-bond donors (Lipinski definition) is 1. The van der Waals surface area contributed by atoms with Gasteiger partial charge in [0.1, 0.15) is 5.75 Å². The van der Waals surface area contributed by atoms with Crippen molar-refractivity contribution in [3.8, 4) is 5.75 Å². The van der Waals surface area contributed by atoms with Crippen LogP contribution in [0.1, 0.15) is 80.8 Å². The first-order valence-electron chi connectivity index (χ1n) is 8.69. The molecule has 22 heavy (non-hydrogen) atoms. The fourth-order valence-corrected chi connectivity index (χ4v) is 5.46. The second-order valence-corrected chi connectivity index (χ2v) is 9.42. The van der Waals surface area contributed by atoms with E-state index in [0.717, 1.165) is 17.9 Å². The predicted octanol–water partition coefficient (Wildman–Crippen LogP) is 6.48. The van der Waals surface area contributed by atoms with Crippen molar-refractivity contribution >= 4 is 15.9 Å². The van der Waals surface area contributed by atoms with Crippen LogP contribution in [0, 0.1) is 23.7 Å². The first kappa shape index (κ1) is 16.4. The summed E-state index contributed by atoms with van der Waals surface area (Å²) < 4.78 is 0. The molecular formula is C20H29BrO. The maximum Gasteiger partial charge on any atom is 0.121 e. The Labute approximate surface area is 143 Å². The van der Waals surface area contributed by atoms with Gasteiger partial charge in [0.25, 0.3) is 0 Å². The molecule has 0 spiro atoms. The third-order valence-corrected chi connectivity index (χ3v) is 8.42. The normalized spacial score (nSPS) is 34.1. The van der Waals surface area contributed by atoms with Crippen LogP contribution in [0.2, 0.25) is 0 Å². The van der Waals surface area contributed by atoms with Gasteiger partial charge < -0.3 is 5.11 Å². The van der Waals surface area contributed by atoms with E-state index < -0.39 is 0 Å². The average Bonchev–Trinajstić information content (AvgIpc) is 2.82. The van der Waals surface area contributed by atoms with E-state index >= 15 is 0 Å². The highest BCUT2D eigenvalue weighted by Crippen LogP contribution is 2.71. The standard InChI is InChI=1S/C20H29BrO/c1-6-17(21)13-9-12(2)18(22)15(10-13)16-11-14-7-8-20(16,5)19(14,3)4/h9-10,14,16-17,22H,6-8,11H2,1-5H3. The largest absolute Gasteiger partial charge is 0.507 e. The molecule has 0 amide bonds. The summed E-state index contributed by atoms with van der Waals surface area (Å²) in [7, 11) is 0. The zero-order valence-corrected chi connectivity index (χ0v) is 16.1. The Morgan fingerprint density at radius 1 is 1.32 bits per heavy atom. The minimum Gasteiger partial charge on any atom is -0.507 e. The lowest BCUT2D eigenvalue weighted by Gasteiger charge is -2.40. The third-order valence-electron chi connectivity index (χ3n) is 7.24. The number of fused-ring (bicyclic) bond motifs is 2. The van der Waals surface area contributed by atoms with Gasteiger partial charge in [-0.05, 0) is 72.0 Å². The van der Waals surface area contributed by atoms with Gasteiger partial charge in [-0.2, -0.15) is 0 Å². The Hall–Kier alpha value is -0.500. The minimum absolute atomic E-state index is 0.314. The zero-order chi connectivity index (χ0) is 16.3. The van der Waals surface area contributed by atoms with Gasteiger partial charge in [-0.15, -0.1) is 0 Å². The SMILES string of the molecule is CCC(Br)c1cc(C)c(O)c(C2CC3CCC2(C)C3(C)C)c1. The number of benzene rings is 1. The molecule has 0 aliphatic heterocycles. The van der Waals surface area contributed by atoms with Crippen LogP contribution in [-0.2, 0) is 0 Å². The van der Waals surface area contributed by atoms with Gasteiger partial charge >= 0.3 is 0 Å². The van der Waals surface area contributed by atoms with Crippen molar-refractivity contribution in [3.63, 3.8) is 0 Å². The van der Waals surface area contributed by atoms with E-state index in [1.165, 1.54) is 30.4 Å². The van der Waals surface area contributed by atoms with E-state index in [4.69, 9.17) is 0 Å². The highest BCUT2D eigenvalue weighted by atomic mass is 79.9. The van der Waals surface area contributed by atoms with E-state index in [-0.39, 0.29) is 0 Å². The van der Waals surface area contributed by atoms with Crippen LogP contribution in [-0.4, -0.2) is 5.11 Å². The lowest BCUT2D eigenvalue weighted by atomic mass is 9.64. The van der Waals surface area contributed by atoms with Crippen LogP contribution in [0.5, 0.6) is 5.75 Å². The molecule has 2 fully saturated rings. The summed E-state index contributed by atoms with van der Waals surface area (Å²) in [4.78, 5) is 0.380. The molecule has 0 saturated heterocycles. The topological polar surface area (TPSA) is 20.2 Å². The molecule has 122 valence electrons. The Balaban J connectivity index is 2.08. The highest BCUT2D eigenvalue weighted by Gasteiger charge is 2.61. The van der Waals surface area contributed by atoms with E-state index in [9.17, 15) is 5.11 Å². The number of rotatable bonds is 3. The molecule has 3 rings (SSSR count). The summed E-state index contributed by atoms with van der Waals surface area (Å²) in [6.45, 7) is 11.6. The van der Waals surface area contributed by atoms with Gasteiger partial charge in [0.15, 0.2) is 0 Å².